The molecular weight excluding hydrogens is 348 g/mol. The van der Waals surface area contributed by atoms with Crippen LogP contribution < -0.4 is 10.6 Å². The SMILES string of the molecule is CCCC(=O)Nc1ccc(C(=O)COC(=O)CCCCCNC(C)=O)cc1. The van der Waals surface area contributed by atoms with Gasteiger partial charge in [-0.15, -0.1) is 0 Å². The molecule has 0 fully saturated rings. The Bertz CT molecular complexity index is 640. The second-order valence-corrected chi connectivity index (χ2v) is 6.25. The van der Waals surface area contributed by atoms with Gasteiger partial charge >= 0.3 is 5.97 Å². The van der Waals surface area contributed by atoms with Gasteiger partial charge in [0.05, 0.1) is 0 Å². The fourth-order valence-electron chi connectivity index (χ4n) is 2.33. The molecule has 0 saturated carbocycles. The normalized spacial score (nSPS) is 10.1. The molecule has 0 atom stereocenters. The van der Waals surface area contributed by atoms with Crippen molar-refractivity contribution in [1.29, 1.82) is 0 Å². The molecular formula is C20H28N2O5. The second kappa shape index (κ2) is 12.6. The zero-order chi connectivity index (χ0) is 20.1. The average molecular weight is 376 g/mol. The minimum absolute atomic E-state index is 0.0655. The monoisotopic (exact) mass is 376 g/mol. The van der Waals surface area contributed by atoms with Crippen molar-refractivity contribution in [1.82, 2.24) is 5.32 Å². The van der Waals surface area contributed by atoms with Crippen LogP contribution in [0.5, 0.6) is 0 Å². The first-order valence-corrected chi connectivity index (χ1v) is 9.25. The lowest BCUT2D eigenvalue weighted by Gasteiger charge is -2.07. The number of ketones is 1. The molecule has 1 aromatic carbocycles. The van der Waals surface area contributed by atoms with Crippen LogP contribution >= 0.6 is 0 Å². The molecule has 0 aliphatic heterocycles. The van der Waals surface area contributed by atoms with Crippen molar-refractivity contribution in [2.75, 3.05) is 18.5 Å². The number of rotatable bonds is 12. The van der Waals surface area contributed by atoms with E-state index < -0.39 is 5.97 Å². The van der Waals surface area contributed by atoms with Crippen molar-refractivity contribution in [3.05, 3.63) is 29.8 Å². The molecule has 0 aliphatic rings. The summed E-state index contributed by atoms with van der Waals surface area (Å²) in [5.74, 6) is -0.835. The van der Waals surface area contributed by atoms with Crippen molar-refractivity contribution in [2.24, 2.45) is 0 Å². The molecule has 0 aromatic heterocycles. The highest BCUT2D eigenvalue weighted by atomic mass is 16.5. The highest BCUT2D eigenvalue weighted by Gasteiger charge is 2.10. The molecule has 0 bridgehead atoms. The highest BCUT2D eigenvalue weighted by molar-refractivity contribution is 5.98. The molecule has 2 amide bonds. The van der Waals surface area contributed by atoms with E-state index >= 15 is 0 Å². The van der Waals surface area contributed by atoms with Gasteiger partial charge in [0.2, 0.25) is 11.8 Å². The third kappa shape index (κ3) is 10.1. The lowest BCUT2D eigenvalue weighted by molar-refractivity contribution is -0.142. The van der Waals surface area contributed by atoms with Crippen LogP contribution in [0.2, 0.25) is 0 Å². The van der Waals surface area contributed by atoms with E-state index in [2.05, 4.69) is 10.6 Å². The molecule has 27 heavy (non-hydrogen) atoms. The van der Waals surface area contributed by atoms with E-state index in [1.54, 1.807) is 24.3 Å². The maximum atomic E-state index is 12.1. The van der Waals surface area contributed by atoms with Gasteiger partial charge in [-0.05, 0) is 43.5 Å². The highest BCUT2D eigenvalue weighted by Crippen LogP contribution is 2.11. The lowest BCUT2D eigenvalue weighted by Crippen LogP contribution is -2.20. The molecule has 0 spiro atoms. The molecule has 7 nitrogen and oxygen atoms in total. The van der Waals surface area contributed by atoms with Crippen molar-refractivity contribution >= 4 is 29.3 Å². The predicted molar refractivity (Wildman–Crippen MR) is 102 cm³/mol. The lowest BCUT2D eigenvalue weighted by atomic mass is 10.1. The average Bonchev–Trinajstić information content (AvgIpc) is 2.63. The van der Waals surface area contributed by atoms with Gasteiger partial charge in [-0.2, -0.15) is 0 Å². The number of benzene rings is 1. The van der Waals surface area contributed by atoms with Crippen molar-refractivity contribution < 1.29 is 23.9 Å². The van der Waals surface area contributed by atoms with Crippen LogP contribution in [-0.2, 0) is 19.1 Å². The van der Waals surface area contributed by atoms with Gasteiger partial charge in [-0.25, -0.2) is 0 Å². The first kappa shape index (κ1) is 22.3. The summed E-state index contributed by atoms with van der Waals surface area (Å²) in [6.07, 6.45) is 3.71. The molecule has 0 unspecified atom stereocenters. The number of ether oxygens (including phenoxy) is 1. The third-order valence-corrected chi connectivity index (χ3v) is 3.76. The number of hydrogen-bond donors (Lipinski definition) is 2. The van der Waals surface area contributed by atoms with Gasteiger partial charge < -0.3 is 15.4 Å². The summed E-state index contributed by atoms with van der Waals surface area (Å²) in [6.45, 7) is 3.68. The van der Waals surface area contributed by atoms with Gasteiger partial charge in [0, 0.05) is 37.6 Å². The van der Waals surface area contributed by atoms with Crippen molar-refractivity contribution in [3.63, 3.8) is 0 Å². The number of hydrogen-bond acceptors (Lipinski definition) is 5. The number of unbranched alkanes of at least 4 members (excludes halogenated alkanes) is 2. The summed E-state index contributed by atoms with van der Waals surface area (Å²) in [6, 6.07) is 6.49. The first-order valence-electron chi connectivity index (χ1n) is 9.25. The summed E-state index contributed by atoms with van der Waals surface area (Å²) in [7, 11) is 0. The van der Waals surface area contributed by atoms with E-state index in [4.69, 9.17) is 4.74 Å². The summed E-state index contributed by atoms with van der Waals surface area (Å²) >= 11 is 0. The standard InChI is InChI=1S/C20H28N2O5/c1-3-7-19(25)22-17-11-9-16(10-12-17)18(24)14-27-20(26)8-5-4-6-13-21-15(2)23/h9-12H,3-8,13-14H2,1-2H3,(H,21,23)(H,22,25). The van der Waals surface area contributed by atoms with E-state index in [9.17, 15) is 19.2 Å². The second-order valence-electron chi connectivity index (χ2n) is 6.25. The Hall–Kier alpha value is -2.70. The molecule has 0 heterocycles. The zero-order valence-electron chi connectivity index (χ0n) is 16.0. The van der Waals surface area contributed by atoms with E-state index in [0.29, 0.717) is 30.6 Å². The molecule has 7 heteroatoms. The number of amides is 2. The fourth-order valence-corrected chi connectivity index (χ4v) is 2.33. The Morgan fingerprint density at radius 3 is 2.30 bits per heavy atom. The molecule has 1 aromatic rings. The Labute approximate surface area is 159 Å². The van der Waals surface area contributed by atoms with Crippen molar-refractivity contribution in [2.45, 2.75) is 52.4 Å². The number of carbonyl (C=O) groups is 4. The van der Waals surface area contributed by atoms with Gasteiger partial charge in [-0.3, -0.25) is 19.2 Å². The van der Waals surface area contributed by atoms with Crippen LogP contribution in [0.15, 0.2) is 24.3 Å². The summed E-state index contributed by atoms with van der Waals surface area (Å²) < 4.78 is 5.00. The summed E-state index contributed by atoms with van der Waals surface area (Å²) in [5.41, 5.74) is 1.05. The van der Waals surface area contributed by atoms with Gasteiger partial charge in [0.15, 0.2) is 12.4 Å². The Morgan fingerprint density at radius 1 is 0.963 bits per heavy atom. The quantitative estimate of drug-likeness (QED) is 0.332. The van der Waals surface area contributed by atoms with Crippen LogP contribution in [0.4, 0.5) is 5.69 Å². The molecule has 148 valence electrons. The minimum atomic E-state index is -0.411. The van der Waals surface area contributed by atoms with E-state index in [1.165, 1.54) is 6.92 Å². The molecule has 0 saturated heterocycles. The summed E-state index contributed by atoms with van der Waals surface area (Å²) in [4.78, 5) is 46.0. The van der Waals surface area contributed by atoms with E-state index in [-0.39, 0.29) is 30.6 Å². The van der Waals surface area contributed by atoms with Gasteiger partial charge in [0.25, 0.3) is 0 Å². The molecule has 1 rings (SSSR count). The van der Waals surface area contributed by atoms with Crippen LogP contribution in [0, 0.1) is 0 Å². The fraction of sp³-hybridized carbons (Fsp3) is 0.500. The van der Waals surface area contributed by atoms with E-state index in [1.807, 2.05) is 6.92 Å². The number of esters is 1. The van der Waals surface area contributed by atoms with Crippen molar-refractivity contribution in [3.8, 4) is 0 Å². The maximum Gasteiger partial charge on any atom is 0.306 e. The summed E-state index contributed by atoms with van der Waals surface area (Å²) in [5, 5.41) is 5.43. The van der Waals surface area contributed by atoms with Gasteiger partial charge in [0.1, 0.15) is 0 Å². The Morgan fingerprint density at radius 2 is 1.67 bits per heavy atom. The predicted octanol–water partition coefficient (Wildman–Crippen LogP) is 2.85. The maximum absolute atomic E-state index is 12.1. The first-order chi connectivity index (χ1) is 12.9. The number of Topliss-reactive ketones (excluding diaryl/α,β-unsaturated/α-hetero) is 1. The minimum Gasteiger partial charge on any atom is -0.457 e. The van der Waals surface area contributed by atoms with E-state index in [0.717, 1.165) is 19.3 Å². The Kier molecular flexibility index (Phi) is 10.4. The van der Waals surface area contributed by atoms with Gasteiger partial charge in [-0.1, -0.05) is 13.3 Å². The van der Waals surface area contributed by atoms with Crippen LogP contribution in [-0.4, -0.2) is 36.7 Å². The van der Waals surface area contributed by atoms with Crippen LogP contribution in [0.25, 0.3) is 0 Å². The third-order valence-electron chi connectivity index (χ3n) is 3.76. The smallest absolute Gasteiger partial charge is 0.306 e. The topological polar surface area (TPSA) is 102 Å². The molecule has 0 radical (unpaired) electrons. The zero-order valence-corrected chi connectivity index (χ0v) is 16.0. The molecule has 0 aliphatic carbocycles. The van der Waals surface area contributed by atoms with Crippen LogP contribution in [0.1, 0.15) is 62.7 Å². The van der Waals surface area contributed by atoms with Crippen LogP contribution in [0.3, 0.4) is 0 Å². The number of nitrogens with one attached hydrogen (secondary N) is 2. The Balaban J connectivity index is 2.26. The largest absolute Gasteiger partial charge is 0.457 e. The molecule has 2 N–H and O–H groups in total. The number of carbonyl (C=O) groups excluding carboxylic acids is 4. The number of anilines is 1.